The molecule has 0 aliphatic heterocycles. The Morgan fingerprint density at radius 1 is 0.909 bits per heavy atom. The average molecular weight is 602 g/mol. The summed E-state index contributed by atoms with van der Waals surface area (Å²) in [5.41, 5.74) is -5.24. The Kier molecular flexibility index (Phi) is 6.91. The molecule has 0 heterocycles. The van der Waals surface area contributed by atoms with E-state index in [-0.39, 0.29) is 11.1 Å². The van der Waals surface area contributed by atoms with Crippen LogP contribution < -0.4 is 5.19 Å². The molecule has 0 fully saturated rings. The Bertz CT molecular complexity index is 1410. The van der Waals surface area contributed by atoms with Gasteiger partial charge in [-0.25, -0.2) is 0 Å². The molecular weight excluding hydrogens is 584 g/mol. The second-order valence-electron chi connectivity index (χ2n) is 8.06. The molecule has 172 valence electrons. The molecule has 0 radical (unpaired) electrons. The van der Waals surface area contributed by atoms with Crippen molar-refractivity contribution in [3.05, 3.63) is 72.9 Å². The van der Waals surface area contributed by atoms with Crippen LogP contribution in [0.25, 0.3) is 10.8 Å². The third-order valence-corrected chi connectivity index (χ3v) is 14.4. The molecule has 0 bridgehead atoms. The Hall–Kier alpha value is -2.45. The quantitative estimate of drug-likeness (QED) is 0.220. The number of hydrogen-bond donors (Lipinski definition) is 0. The average Bonchev–Trinajstić information content (AvgIpc) is 2.74. The van der Waals surface area contributed by atoms with Crippen LogP contribution >= 0.6 is 20.2 Å². The standard InChI is InChI=1S/C22H18F3IN2O3SSi/c1-33(2,3)21-12-16-10-18(14-28)17(13-27)9-15(16)11-20(21)26(19-7-5-4-6-8-19)31-32(29,30)22(23,24)25/h4-12H,1-3H3. The Morgan fingerprint density at radius 2 is 1.42 bits per heavy atom. The fourth-order valence-corrected chi connectivity index (χ4v) is 14.1. The number of rotatable bonds is 5. The van der Waals surface area contributed by atoms with Crippen molar-refractivity contribution in [2.45, 2.75) is 25.1 Å². The van der Waals surface area contributed by atoms with Crippen LogP contribution in [-0.4, -0.2) is 22.0 Å². The summed E-state index contributed by atoms with van der Waals surface area (Å²) >= 11 is -3.62. The Balaban J connectivity index is 2.38. The molecule has 0 saturated carbocycles. The maximum atomic E-state index is 13.2. The summed E-state index contributed by atoms with van der Waals surface area (Å²) in [6.45, 7) is 5.97. The van der Waals surface area contributed by atoms with Crippen LogP contribution in [0.2, 0.25) is 19.6 Å². The first kappa shape index (κ1) is 25.2. The first-order valence-corrected chi connectivity index (χ1v) is 17.4. The van der Waals surface area contributed by atoms with E-state index in [1.807, 2.05) is 31.8 Å². The van der Waals surface area contributed by atoms with Crippen LogP contribution in [0.3, 0.4) is 0 Å². The van der Waals surface area contributed by atoms with E-state index in [9.17, 15) is 32.1 Å². The van der Waals surface area contributed by atoms with Crippen molar-refractivity contribution in [1.29, 1.82) is 10.5 Å². The molecule has 3 rings (SSSR count). The van der Waals surface area contributed by atoms with Gasteiger partial charge in [0.2, 0.25) is 0 Å². The predicted octanol–water partition coefficient (Wildman–Crippen LogP) is 5.46. The van der Waals surface area contributed by atoms with Crippen molar-refractivity contribution in [2.24, 2.45) is 0 Å². The number of nitriles is 2. The monoisotopic (exact) mass is 602 g/mol. The minimum absolute atomic E-state index is 0.126. The molecule has 0 spiro atoms. The van der Waals surface area contributed by atoms with E-state index in [0.29, 0.717) is 17.9 Å². The Morgan fingerprint density at radius 3 is 1.88 bits per heavy atom. The van der Waals surface area contributed by atoms with Gasteiger partial charge in [0.05, 0.1) is 0 Å². The summed E-state index contributed by atoms with van der Waals surface area (Å²) in [5.74, 6) is 0. The summed E-state index contributed by atoms with van der Waals surface area (Å²) < 4.78 is 69.6. The fraction of sp³-hybridized carbons (Fsp3) is 0.182. The van der Waals surface area contributed by atoms with Crippen molar-refractivity contribution in [3.8, 4) is 12.1 Å². The van der Waals surface area contributed by atoms with Gasteiger partial charge in [-0.1, -0.05) is 0 Å². The summed E-state index contributed by atoms with van der Waals surface area (Å²) in [6, 6.07) is 18.4. The van der Waals surface area contributed by atoms with Crippen LogP contribution in [0.5, 0.6) is 0 Å². The molecule has 0 aromatic heterocycles. The van der Waals surface area contributed by atoms with Gasteiger partial charge >= 0.3 is 199 Å². The second kappa shape index (κ2) is 9.06. The third kappa shape index (κ3) is 5.22. The zero-order valence-corrected chi connectivity index (χ0v) is 21.7. The van der Waals surface area contributed by atoms with Gasteiger partial charge in [-0.3, -0.25) is 0 Å². The van der Waals surface area contributed by atoms with Crippen LogP contribution in [0, 0.1) is 29.8 Å². The van der Waals surface area contributed by atoms with Crippen molar-refractivity contribution in [1.82, 2.24) is 0 Å². The van der Waals surface area contributed by atoms with Gasteiger partial charge < -0.3 is 0 Å². The number of hydrogen-bond acceptors (Lipinski definition) is 5. The fourth-order valence-electron chi connectivity index (χ4n) is 3.06. The normalized spacial score (nSPS) is 12.8. The molecule has 33 heavy (non-hydrogen) atoms. The zero-order valence-electron chi connectivity index (χ0n) is 17.7. The third-order valence-electron chi connectivity index (χ3n) is 4.66. The van der Waals surface area contributed by atoms with Gasteiger partial charge in [-0.2, -0.15) is 0 Å². The van der Waals surface area contributed by atoms with Crippen molar-refractivity contribution < 1.29 is 24.1 Å². The number of alkyl halides is 3. The van der Waals surface area contributed by atoms with Crippen LogP contribution in [-0.2, 0) is 12.6 Å². The SMILES string of the molecule is C[Si](C)(C)c1cc2cc(C#N)c(C#N)cc2cc1I(OS(=O)(=O)C(F)(F)F)c1ccccc1. The van der Waals surface area contributed by atoms with E-state index < -0.39 is 43.9 Å². The number of nitrogens with zero attached hydrogens (tertiary/aromatic N) is 2. The maximum absolute atomic E-state index is 13.2. The molecule has 0 N–H and O–H groups in total. The van der Waals surface area contributed by atoms with Gasteiger partial charge in [0.25, 0.3) is 0 Å². The van der Waals surface area contributed by atoms with Crippen LogP contribution in [0.15, 0.2) is 54.6 Å². The van der Waals surface area contributed by atoms with E-state index >= 15 is 0 Å². The molecule has 11 heteroatoms. The van der Waals surface area contributed by atoms with Crippen molar-refractivity contribution >= 4 is 54.4 Å². The number of fused-ring (bicyclic) bond motifs is 1. The minimum atomic E-state index is -5.84. The molecule has 3 aromatic carbocycles. The van der Waals surface area contributed by atoms with E-state index in [1.165, 1.54) is 6.07 Å². The van der Waals surface area contributed by atoms with Gasteiger partial charge in [0.15, 0.2) is 0 Å². The molecule has 0 atom stereocenters. The van der Waals surface area contributed by atoms with Crippen LogP contribution in [0.1, 0.15) is 11.1 Å². The van der Waals surface area contributed by atoms with E-state index in [1.54, 1.807) is 48.5 Å². The summed E-state index contributed by atoms with van der Waals surface area (Å²) in [4.78, 5) is 0. The second-order valence-corrected chi connectivity index (χ2v) is 19.5. The predicted molar refractivity (Wildman–Crippen MR) is 130 cm³/mol. The number of halogens is 4. The molecule has 0 amide bonds. The molecule has 0 aliphatic rings. The zero-order chi connectivity index (χ0) is 24.6. The molecule has 0 unspecified atom stereocenters. The molecule has 0 aliphatic carbocycles. The van der Waals surface area contributed by atoms with Crippen molar-refractivity contribution in [2.75, 3.05) is 0 Å². The Labute approximate surface area is 198 Å². The molecule has 5 nitrogen and oxygen atoms in total. The summed E-state index contributed by atoms with van der Waals surface area (Å²) in [6.07, 6.45) is 0. The molecular formula is C22H18F3IN2O3SSi. The number of benzene rings is 3. The van der Waals surface area contributed by atoms with Gasteiger partial charge in [0.1, 0.15) is 0 Å². The van der Waals surface area contributed by atoms with Gasteiger partial charge in [0, 0.05) is 0 Å². The van der Waals surface area contributed by atoms with E-state index in [0.717, 1.165) is 5.19 Å². The van der Waals surface area contributed by atoms with Crippen molar-refractivity contribution in [3.63, 3.8) is 0 Å². The van der Waals surface area contributed by atoms with Crippen LogP contribution in [0.4, 0.5) is 13.2 Å². The van der Waals surface area contributed by atoms with Gasteiger partial charge in [-0.15, -0.1) is 0 Å². The summed E-state index contributed by atoms with van der Waals surface area (Å²) in [7, 11) is -8.07. The molecule has 0 saturated heterocycles. The molecule has 3 aromatic rings. The summed E-state index contributed by atoms with van der Waals surface area (Å²) in [5, 5.41) is 20.6. The first-order chi connectivity index (χ1) is 15.3. The first-order valence-electron chi connectivity index (χ1n) is 9.47. The van der Waals surface area contributed by atoms with E-state index in [4.69, 9.17) is 2.51 Å². The van der Waals surface area contributed by atoms with E-state index in [2.05, 4.69) is 0 Å². The topological polar surface area (TPSA) is 90.9 Å². The van der Waals surface area contributed by atoms with Gasteiger partial charge in [-0.05, 0) is 0 Å².